The summed E-state index contributed by atoms with van der Waals surface area (Å²) in [6.45, 7) is 7.08. The first-order chi connectivity index (χ1) is 20.4. The zero-order valence-corrected chi connectivity index (χ0v) is 24.0. The van der Waals surface area contributed by atoms with Gasteiger partial charge >= 0.3 is 0 Å². The van der Waals surface area contributed by atoms with Crippen molar-refractivity contribution in [3.63, 3.8) is 0 Å². The van der Waals surface area contributed by atoms with E-state index >= 15 is 0 Å². The number of likely N-dealkylation sites (N-methyl/N-ethyl adjacent to an activating group) is 1. The van der Waals surface area contributed by atoms with Crippen LogP contribution < -0.4 is 11.1 Å². The third-order valence-corrected chi connectivity index (χ3v) is 8.99. The maximum atomic E-state index is 13.7. The number of nitrogens with two attached hydrogens (primary N) is 1. The van der Waals surface area contributed by atoms with Crippen molar-refractivity contribution in [2.45, 2.75) is 38.7 Å². The van der Waals surface area contributed by atoms with Crippen molar-refractivity contribution in [1.82, 2.24) is 10.2 Å². The minimum Gasteiger partial charge on any atom is -0.508 e. The molecule has 1 fully saturated rings. The SMILES string of the molecule is CCN(CC)CCNC(=O)c1cccc(-c2ccc(O)c3c2CC2C[C@H]4CC(=O)C(C(N)=O)=C(O)[C@@]4(O)C(=O)C2=C3O)c1. The summed E-state index contributed by atoms with van der Waals surface area (Å²) in [5.41, 5.74) is 3.84. The van der Waals surface area contributed by atoms with E-state index in [1.807, 2.05) is 0 Å². The van der Waals surface area contributed by atoms with Crippen LogP contribution in [0.15, 0.2) is 53.3 Å². The number of benzene rings is 2. The van der Waals surface area contributed by atoms with Gasteiger partial charge in [0.05, 0.1) is 5.56 Å². The molecule has 3 atom stereocenters. The van der Waals surface area contributed by atoms with Gasteiger partial charge in [0.25, 0.3) is 11.8 Å². The molecule has 3 aliphatic carbocycles. The molecule has 0 saturated heterocycles. The lowest BCUT2D eigenvalue weighted by atomic mass is 9.59. The molecule has 0 heterocycles. The number of phenolic OH excluding ortho intramolecular Hbond substituents is 1. The van der Waals surface area contributed by atoms with E-state index in [1.54, 1.807) is 30.3 Å². The van der Waals surface area contributed by atoms with Crippen molar-refractivity contribution in [2.75, 3.05) is 26.2 Å². The molecule has 11 nitrogen and oxygen atoms in total. The zero-order chi connectivity index (χ0) is 31.2. The molecule has 1 saturated carbocycles. The molecule has 2 aromatic carbocycles. The molecule has 1 unspecified atom stereocenters. The first-order valence-electron chi connectivity index (χ1n) is 14.4. The molecular formula is C32H35N3O8. The second-order valence-corrected chi connectivity index (χ2v) is 11.3. The van der Waals surface area contributed by atoms with Crippen LogP contribution in [0.1, 0.15) is 48.2 Å². The lowest BCUT2D eigenvalue weighted by Crippen LogP contribution is -2.58. The van der Waals surface area contributed by atoms with E-state index in [2.05, 4.69) is 24.1 Å². The maximum absolute atomic E-state index is 13.7. The van der Waals surface area contributed by atoms with Gasteiger partial charge in [0.1, 0.15) is 22.8 Å². The lowest BCUT2D eigenvalue weighted by Gasteiger charge is -2.46. The fraction of sp³-hybridized carbons (Fsp3) is 0.375. The number of aliphatic hydroxyl groups is 3. The summed E-state index contributed by atoms with van der Waals surface area (Å²) in [7, 11) is 0. The fourth-order valence-electron chi connectivity index (χ4n) is 6.69. The van der Waals surface area contributed by atoms with Gasteiger partial charge in [-0.3, -0.25) is 19.2 Å². The van der Waals surface area contributed by atoms with Gasteiger partial charge in [-0.1, -0.05) is 32.0 Å². The van der Waals surface area contributed by atoms with Gasteiger partial charge < -0.3 is 36.4 Å². The van der Waals surface area contributed by atoms with Gasteiger partial charge in [-0.15, -0.1) is 0 Å². The molecular weight excluding hydrogens is 554 g/mol. The van der Waals surface area contributed by atoms with Gasteiger partial charge in [-0.2, -0.15) is 0 Å². The molecule has 226 valence electrons. The van der Waals surface area contributed by atoms with Crippen LogP contribution in [0.2, 0.25) is 0 Å². The largest absolute Gasteiger partial charge is 0.508 e. The van der Waals surface area contributed by atoms with E-state index in [0.717, 1.165) is 19.6 Å². The fourth-order valence-corrected chi connectivity index (χ4v) is 6.69. The molecule has 2 amide bonds. The Morgan fingerprint density at radius 2 is 1.79 bits per heavy atom. The van der Waals surface area contributed by atoms with E-state index in [-0.39, 0.29) is 42.1 Å². The third-order valence-electron chi connectivity index (χ3n) is 8.99. The van der Waals surface area contributed by atoms with Gasteiger partial charge in [0.15, 0.2) is 11.4 Å². The molecule has 0 spiro atoms. The minimum atomic E-state index is -2.62. The first kappa shape index (κ1) is 30.0. The third kappa shape index (κ3) is 4.88. The Hall–Kier alpha value is -4.48. The average molecular weight is 590 g/mol. The Labute approximate surface area is 248 Å². The number of Topliss-reactive ketones (excluding diaryl/α,β-unsaturated/α-hetero) is 2. The zero-order valence-electron chi connectivity index (χ0n) is 24.0. The van der Waals surface area contributed by atoms with Crippen LogP contribution in [0.25, 0.3) is 16.9 Å². The van der Waals surface area contributed by atoms with Crippen LogP contribution in [-0.2, 0) is 20.8 Å². The predicted molar refractivity (Wildman–Crippen MR) is 157 cm³/mol. The van der Waals surface area contributed by atoms with E-state index < -0.39 is 52.0 Å². The number of nitrogens with one attached hydrogen (secondary N) is 1. The highest BCUT2D eigenvalue weighted by Gasteiger charge is 2.60. The number of ketones is 2. The van der Waals surface area contributed by atoms with Crippen LogP contribution in [0.4, 0.5) is 0 Å². The number of amides is 2. The van der Waals surface area contributed by atoms with Gasteiger partial charge in [0.2, 0.25) is 5.78 Å². The molecule has 0 aromatic heterocycles. The molecule has 11 heteroatoms. The summed E-state index contributed by atoms with van der Waals surface area (Å²) in [6.07, 6.45) is -0.189. The number of phenols is 1. The number of aromatic hydroxyl groups is 1. The number of aliphatic hydroxyl groups excluding tert-OH is 2. The second-order valence-electron chi connectivity index (χ2n) is 11.3. The van der Waals surface area contributed by atoms with Crippen LogP contribution in [0.3, 0.4) is 0 Å². The van der Waals surface area contributed by atoms with Gasteiger partial charge in [-0.25, -0.2) is 0 Å². The Balaban J connectivity index is 1.53. The highest BCUT2D eigenvalue weighted by Crippen LogP contribution is 2.53. The number of hydrogen-bond donors (Lipinski definition) is 6. The summed E-state index contributed by atoms with van der Waals surface area (Å²) >= 11 is 0. The van der Waals surface area contributed by atoms with E-state index in [0.29, 0.717) is 28.8 Å². The van der Waals surface area contributed by atoms with Crippen molar-refractivity contribution in [3.05, 3.63) is 70.0 Å². The summed E-state index contributed by atoms with van der Waals surface area (Å²) in [5, 5.41) is 47.3. The number of nitrogens with zero attached hydrogens (tertiary/aromatic N) is 1. The molecule has 5 rings (SSSR count). The highest BCUT2D eigenvalue weighted by atomic mass is 16.3. The summed E-state index contributed by atoms with van der Waals surface area (Å²) in [5.74, 6) is -7.01. The summed E-state index contributed by atoms with van der Waals surface area (Å²) in [6, 6.07) is 9.99. The second kappa shape index (κ2) is 11.3. The average Bonchev–Trinajstić information content (AvgIpc) is 2.97. The molecule has 43 heavy (non-hydrogen) atoms. The predicted octanol–water partition coefficient (Wildman–Crippen LogP) is 2.16. The van der Waals surface area contributed by atoms with Crippen LogP contribution in [0.5, 0.6) is 5.75 Å². The standard InChI is InChI=1S/C32H35N3O8/c1-3-35(4-2)11-10-34-31(42)17-7-5-6-16(12-17)20-8-9-22(36)25-21(20)14-18-13-19-15-23(37)26(30(33)41)29(40)32(19,43)28(39)24(18)27(25)38/h5-9,12,18-19,36,38,40,43H,3-4,10-11,13-15H2,1-2H3,(H2,33,41)(H,34,42)/t18?,19-,32-/m0/s1. The minimum absolute atomic E-state index is 0.00120. The molecule has 0 bridgehead atoms. The number of rotatable bonds is 8. The monoisotopic (exact) mass is 589 g/mol. The number of hydrogen-bond acceptors (Lipinski definition) is 9. The number of carbonyl (C=O) groups excluding carboxylic acids is 4. The molecule has 0 aliphatic heterocycles. The summed E-state index contributed by atoms with van der Waals surface area (Å²) < 4.78 is 0. The van der Waals surface area contributed by atoms with Crippen LogP contribution in [-0.4, -0.2) is 80.5 Å². The van der Waals surface area contributed by atoms with Crippen LogP contribution in [0, 0.1) is 11.8 Å². The van der Waals surface area contributed by atoms with Crippen molar-refractivity contribution in [1.29, 1.82) is 0 Å². The number of carbonyl (C=O) groups is 4. The molecule has 0 radical (unpaired) electrons. The summed E-state index contributed by atoms with van der Waals surface area (Å²) in [4.78, 5) is 53.3. The van der Waals surface area contributed by atoms with Crippen molar-refractivity contribution in [3.8, 4) is 16.9 Å². The number of fused-ring (bicyclic) bond motifs is 3. The molecule has 2 aromatic rings. The molecule has 3 aliphatic rings. The van der Waals surface area contributed by atoms with Gasteiger partial charge in [-0.05, 0) is 66.7 Å². The Bertz CT molecular complexity index is 1610. The van der Waals surface area contributed by atoms with E-state index in [1.165, 1.54) is 6.07 Å². The molecule has 7 N–H and O–H groups in total. The number of primary amides is 1. The lowest BCUT2D eigenvalue weighted by molar-refractivity contribution is -0.147. The Kier molecular flexibility index (Phi) is 7.89. The quantitative estimate of drug-likeness (QED) is 0.251. The maximum Gasteiger partial charge on any atom is 0.255 e. The highest BCUT2D eigenvalue weighted by molar-refractivity contribution is 6.22. The van der Waals surface area contributed by atoms with Crippen LogP contribution >= 0.6 is 0 Å². The Morgan fingerprint density at radius 1 is 1.07 bits per heavy atom. The van der Waals surface area contributed by atoms with E-state index in [9.17, 15) is 39.6 Å². The smallest absolute Gasteiger partial charge is 0.255 e. The van der Waals surface area contributed by atoms with Gasteiger partial charge in [0, 0.05) is 36.6 Å². The topological polar surface area (TPSA) is 190 Å². The van der Waals surface area contributed by atoms with Crippen molar-refractivity contribution < 1.29 is 39.6 Å². The first-order valence-corrected chi connectivity index (χ1v) is 14.4. The van der Waals surface area contributed by atoms with E-state index in [4.69, 9.17) is 5.73 Å². The normalized spacial score (nSPS) is 23.2. The Morgan fingerprint density at radius 3 is 2.47 bits per heavy atom. The van der Waals surface area contributed by atoms with Crippen molar-refractivity contribution >= 4 is 29.1 Å². The van der Waals surface area contributed by atoms with Crippen molar-refractivity contribution in [2.24, 2.45) is 17.6 Å².